The van der Waals surface area contributed by atoms with Crippen molar-refractivity contribution in [1.29, 1.82) is 0 Å². The van der Waals surface area contributed by atoms with Gasteiger partial charge in [0.1, 0.15) is 5.75 Å². The number of rotatable bonds is 2. The van der Waals surface area contributed by atoms with Crippen molar-refractivity contribution in [2.24, 2.45) is 0 Å². The SMILES string of the molecule is C=Cc1cc(C)c(OC)c(Br)c1. The summed E-state index contributed by atoms with van der Waals surface area (Å²) in [5.41, 5.74) is 2.21. The number of aryl methyl sites for hydroxylation is 1. The Morgan fingerprint density at radius 2 is 2.17 bits per heavy atom. The van der Waals surface area contributed by atoms with Crippen LogP contribution in [0, 0.1) is 6.92 Å². The summed E-state index contributed by atoms with van der Waals surface area (Å²) in [7, 11) is 1.67. The van der Waals surface area contributed by atoms with E-state index < -0.39 is 0 Å². The number of halogens is 1. The van der Waals surface area contributed by atoms with Crippen LogP contribution in [0.3, 0.4) is 0 Å². The van der Waals surface area contributed by atoms with E-state index in [1.165, 1.54) is 0 Å². The lowest BCUT2D eigenvalue weighted by molar-refractivity contribution is 0.409. The molecule has 0 N–H and O–H groups in total. The van der Waals surface area contributed by atoms with E-state index in [4.69, 9.17) is 4.74 Å². The normalized spacial score (nSPS) is 9.58. The molecule has 0 aromatic heterocycles. The molecule has 0 saturated carbocycles. The van der Waals surface area contributed by atoms with Crippen molar-refractivity contribution in [3.63, 3.8) is 0 Å². The summed E-state index contributed by atoms with van der Waals surface area (Å²) in [6.07, 6.45) is 1.82. The van der Waals surface area contributed by atoms with Crippen LogP contribution < -0.4 is 4.74 Å². The molecule has 1 rings (SSSR count). The zero-order valence-electron chi connectivity index (χ0n) is 7.23. The largest absolute Gasteiger partial charge is 0.495 e. The number of benzene rings is 1. The summed E-state index contributed by atoms with van der Waals surface area (Å²) in [5, 5.41) is 0. The second-order valence-corrected chi connectivity index (χ2v) is 3.41. The molecule has 0 spiro atoms. The van der Waals surface area contributed by atoms with Gasteiger partial charge in [0, 0.05) is 0 Å². The molecule has 64 valence electrons. The summed E-state index contributed by atoms with van der Waals surface area (Å²) in [6.45, 7) is 5.72. The predicted octanol–water partition coefficient (Wildman–Crippen LogP) is 3.41. The van der Waals surface area contributed by atoms with Crippen molar-refractivity contribution in [2.75, 3.05) is 7.11 Å². The summed E-state index contributed by atoms with van der Waals surface area (Å²) in [4.78, 5) is 0. The van der Waals surface area contributed by atoms with Crippen LogP contribution in [0.15, 0.2) is 23.2 Å². The third kappa shape index (κ3) is 1.69. The summed E-state index contributed by atoms with van der Waals surface area (Å²) < 4.78 is 6.17. The molecule has 1 aromatic rings. The molecule has 0 bridgehead atoms. The quantitative estimate of drug-likeness (QED) is 0.752. The molecule has 0 unspecified atom stereocenters. The number of methoxy groups -OCH3 is 1. The van der Waals surface area contributed by atoms with E-state index in [0.29, 0.717) is 0 Å². The molecule has 0 fully saturated rings. The van der Waals surface area contributed by atoms with E-state index in [2.05, 4.69) is 22.5 Å². The van der Waals surface area contributed by atoms with E-state index in [1.807, 2.05) is 25.1 Å². The van der Waals surface area contributed by atoms with Crippen LogP contribution in [-0.2, 0) is 0 Å². The van der Waals surface area contributed by atoms with Gasteiger partial charge in [-0.2, -0.15) is 0 Å². The summed E-state index contributed by atoms with van der Waals surface area (Å²) in [5.74, 6) is 0.889. The van der Waals surface area contributed by atoms with Crippen LogP contribution >= 0.6 is 15.9 Å². The van der Waals surface area contributed by atoms with Crippen LogP contribution in [0.25, 0.3) is 6.08 Å². The van der Waals surface area contributed by atoms with Crippen LogP contribution in [0.4, 0.5) is 0 Å². The molecule has 0 atom stereocenters. The van der Waals surface area contributed by atoms with E-state index in [9.17, 15) is 0 Å². The Kier molecular flexibility index (Phi) is 2.93. The smallest absolute Gasteiger partial charge is 0.135 e. The maximum absolute atomic E-state index is 5.19. The Hall–Kier alpha value is -0.760. The Labute approximate surface area is 81.2 Å². The van der Waals surface area contributed by atoms with Gasteiger partial charge in [-0.15, -0.1) is 0 Å². The van der Waals surface area contributed by atoms with Gasteiger partial charge in [0.2, 0.25) is 0 Å². The molecule has 12 heavy (non-hydrogen) atoms. The van der Waals surface area contributed by atoms with E-state index >= 15 is 0 Å². The summed E-state index contributed by atoms with van der Waals surface area (Å²) >= 11 is 3.43. The van der Waals surface area contributed by atoms with Crippen molar-refractivity contribution in [3.05, 3.63) is 34.3 Å². The minimum absolute atomic E-state index is 0.889. The highest BCUT2D eigenvalue weighted by Gasteiger charge is 2.03. The average molecular weight is 227 g/mol. The fourth-order valence-corrected chi connectivity index (χ4v) is 1.87. The molecule has 2 heteroatoms. The van der Waals surface area contributed by atoms with E-state index in [0.717, 1.165) is 21.3 Å². The first kappa shape index (κ1) is 9.33. The predicted molar refractivity (Wildman–Crippen MR) is 55.5 cm³/mol. The Balaban J connectivity index is 3.27. The minimum Gasteiger partial charge on any atom is -0.495 e. The topological polar surface area (TPSA) is 9.23 Å². The maximum atomic E-state index is 5.19. The third-order valence-electron chi connectivity index (χ3n) is 1.69. The van der Waals surface area contributed by atoms with Gasteiger partial charge in [0.25, 0.3) is 0 Å². The number of hydrogen-bond donors (Lipinski definition) is 0. The second kappa shape index (κ2) is 3.76. The summed E-state index contributed by atoms with van der Waals surface area (Å²) in [6, 6.07) is 4.02. The first-order valence-corrected chi connectivity index (χ1v) is 4.45. The lowest BCUT2D eigenvalue weighted by atomic mass is 10.1. The standard InChI is InChI=1S/C10H11BrO/c1-4-8-5-7(2)10(12-3)9(11)6-8/h4-6H,1H2,2-3H3. The fourth-order valence-electron chi connectivity index (χ4n) is 1.13. The molecule has 0 heterocycles. The van der Waals surface area contributed by atoms with Gasteiger partial charge in [-0.3, -0.25) is 0 Å². The second-order valence-electron chi connectivity index (χ2n) is 2.56. The third-order valence-corrected chi connectivity index (χ3v) is 2.28. The molecule has 0 amide bonds. The van der Waals surface area contributed by atoms with Crippen LogP contribution in [-0.4, -0.2) is 7.11 Å². The molecule has 0 aliphatic carbocycles. The maximum Gasteiger partial charge on any atom is 0.135 e. The van der Waals surface area contributed by atoms with Gasteiger partial charge in [-0.25, -0.2) is 0 Å². The van der Waals surface area contributed by atoms with Crippen molar-refractivity contribution >= 4 is 22.0 Å². The van der Waals surface area contributed by atoms with Gasteiger partial charge in [-0.1, -0.05) is 12.7 Å². The van der Waals surface area contributed by atoms with Crippen LogP contribution in [0.5, 0.6) is 5.75 Å². The first-order chi connectivity index (χ1) is 5.69. The molecule has 0 aliphatic heterocycles. The zero-order valence-corrected chi connectivity index (χ0v) is 8.81. The van der Waals surface area contributed by atoms with Gasteiger partial charge < -0.3 is 4.74 Å². The molecule has 1 aromatic carbocycles. The van der Waals surface area contributed by atoms with Gasteiger partial charge >= 0.3 is 0 Å². The van der Waals surface area contributed by atoms with Gasteiger partial charge in [-0.05, 0) is 46.1 Å². The Morgan fingerprint density at radius 3 is 2.58 bits per heavy atom. The molecular weight excluding hydrogens is 216 g/mol. The molecular formula is C10H11BrO. The van der Waals surface area contributed by atoms with Crippen molar-refractivity contribution in [1.82, 2.24) is 0 Å². The number of hydrogen-bond acceptors (Lipinski definition) is 1. The highest BCUT2D eigenvalue weighted by Crippen LogP contribution is 2.30. The van der Waals surface area contributed by atoms with Crippen molar-refractivity contribution in [2.45, 2.75) is 6.92 Å². The average Bonchev–Trinajstić information content (AvgIpc) is 2.03. The van der Waals surface area contributed by atoms with Gasteiger partial charge in [0.05, 0.1) is 11.6 Å². The number of ether oxygens (including phenoxy) is 1. The lowest BCUT2D eigenvalue weighted by Gasteiger charge is -2.07. The van der Waals surface area contributed by atoms with Crippen molar-refractivity contribution in [3.8, 4) is 5.75 Å². The highest BCUT2D eigenvalue weighted by molar-refractivity contribution is 9.10. The molecule has 0 aliphatic rings. The monoisotopic (exact) mass is 226 g/mol. The van der Waals surface area contributed by atoms with E-state index in [-0.39, 0.29) is 0 Å². The highest BCUT2D eigenvalue weighted by atomic mass is 79.9. The van der Waals surface area contributed by atoms with E-state index in [1.54, 1.807) is 7.11 Å². The Morgan fingerprint density at radius 1 is 1.50 bits per heavy atom. The van der Waals surface area contributed by atoms with Crippen LogP contribution in [0.1, 0.15) is 11.1 Å². The van der Waals surface area contributed by atoms with Crippen molar-refractivity contribution < 1.29 is 4.74 Å². The van der Waals surface area contributed by atoms with Crippen LogP contribution in [0.2, 0.25) is 0 Å². The lowest BCUT2D eigenvalue weighted by Crippen LogP contribution is -1.89. The molecule has 0 radical (unpaired) electrons. The first-order valence-electron chi connectivity index (χ1n) is 3.65. The minimum atomic E-state index is 0.889. The van der Waals surface area contributed by atoms with Gasteiger partial charge in [0.15, 0.2) is 0 Å². The molecule has 1 nitrogen and oxygen atoms in total. The molecule has 0 saturated heterocycles. The Bertz CT molecular complexity index is 282. The zero-order chi connectivity index (χ0) is 9.14. The fraction of sp³-hybridized carbons (Fsp3) is 0.200.